The Morgan fingerprint density at radius 2 is 1.73 bits per heavy atom. The molecule has 0 aliphatic carbocycles. The largest absolute Gasteiger partial charge is 0.281 e. The lowest BCUT2D eigenvalue weighted by atomic mass is 10.2. The second kappa shape index (κ2) is 8.88. The van der Waals surface area contributed by atoms with Crippen molar-refractivity contribution in [2.75, 3.05) is 5.01 Å². The van der Waals surface area contributed by atoms with Crippen LogP contribution in [0.3, 0.4) is 0 Å². The number of carbonyl (C=O) groups excluding carboxylic acids is 1. The molecule has 0 N–H and O–H groups in total. The lowest BCUT2D eigenvalue weighted by molar-refractivity contribution is -0.385. The third-order valence-electron chi connectivity index (χ3n) is 4.44. The number of nitrogens with zero attached hydrogens (tertiary/aromatic N) is 5. The standard InChI is InChI=1S/C21H12FN5O5S/c22-15-6-9-18-19(11-15)33-21(24-18)25(20(28)14-2-1-3-17(10-14)27(31)32)23-12-13-4-7-16(8-5-13)26(29)30/h1-12H/b23-12+. The van der Waals surface area contributed by atoms with Gasteiger partial charge in [0.05, 0.1) is 26.3 Å². The summed E-state index contributed by atoms with van der Waals surface area (Å²) in [4.78, 5) is 38.3. The van der Waals surface area contributed by atoms with E-state index in [4.69, 9.17) is 0 Å². The summed E-state index contributed by atoms with van der Waals surface area (Å²) in [7, 11) is 0. The van der Waals surface area contributed by atoms with Gasteiger partial charge in [-0.2, -0.15) is 10.1 Å². The Balaban J connectivity index is 1.75. The van der Waals surface area contributed by atoms with Gasteiger partial charge in [-0.15, -0.1) is 0 Å². The maximum absolute atomic E-state index is 13.6. The van der Waals surface area contributed by atoms with Crippen LogP contribution in [-0.4, -0.2) is 27.0 Å². The average Bonchev–Trinajstić information content (AvgIpc) is 3.22. The van der Waals surface area contributed by atoms with E-state index < -0.39 is 21.6 Å². The lowest BCUT2D eigenvalue weighted by Gasteiger charge is -2.13. The number of carbonyl (C=O) groups is 1. The summed E-state index contributed by atoms with van der Waals surface area (Å²) in [5.74, 6) is -1.17. The molecule has 12 heteroatoms. The van der Waals surface area contributed by atoms with Crippen molar-refractivity contribution < 1.29 is 19.0 Å². The number of anilines is 1. The van der Waals surface area contributed by atoms with E-state index in [-0.39, 0.29) is 22.1 Å². The van der Waals surface area contributed by atoms with E-state index in [2.05, 4.69) is 10.1 Å². The molecule has 0 bridgehead atoms. The number of nitro benzene ring substituents is 2. The van der Waals surface area contributed by atoms with Crippen molar-refractivity contribution in [1.29, 1.82) is 0 Å². The Bertz CT molecular complexity index is 1420. The molecule has 1 heterocycles. The van der Waals surface area contributed by atoms with Gasteiger partial charge in [-0.25, -0.2) is 9.37 Å². The molecule has 33 heavy (non-hydrogen) atoms. The van der Waals surface area contributed by atoms with Crippen LogP contribution < -0.4 is 5.01 Å². The van der Waals surface area contributed by atoms with Crippen molar-refractivity contribution in [2.24, 2.45) is 5.10 Å². The molecule has 0 spiro atoms. The van der Waals surface area contributed by atoms with Crippen LogP contribution in [0.1, 0.15) is 15.9 Å². The number of halogens is 1. The summed E-state index contributed by atoms with van der Waals surface area (Å²) in [6, 6.07) is 14.6. The van der Waals surface area contributed by atoms with Crippen molar-refractivity contribution in [1.82, 2.24) is 4.98 Å². The number of non-ortho nitro benzene ring substituents is 2. The highest BCUT2D eigenvalue weighted by Crippen LogP contribution is 2.31. The van der Waals surface area contributed by atoms with Crippen LogP contribution in [0.15, 0.2) is 71.8 Å². The zero-order chi connectivity index (χ0) is 23.5. The van der Waals surface area contributed by atoms with E-state index in [1.807, 2.05) is 0 Å². The van der Waals surface area contributed by atoms with E-state index >= 15 is 0 Å². The molecule has 10 nitrogen and oxygen atoms in total. The third-order valence-corrected chi connectivity index (χ3v) is 5.44. The highest BCUT2D eigenvalue weighted by molar-refractivity contribution is 7.22. The van der Waals surface area contributed by atoms with Crippen LogP contribution in [0.4, 0.5) is 20.9 Å². The summed E-state index contributed by atoms with van der Waals surface area (Å²) in [6.45, 7) is 0. The molecule has 0 fully saturated rings. The second-order valence-corrected chi connectivity index (χ2v) is 7.64. The number of nitro groups is 2. The van der Waals surface area contributed by atoms with Gasteiger partial charge in [0.2, 0.25) is 5.13 Å². The van der Waals surface area contributed by atoms with Gasteiger partial charge < -0.3 is 0 Å². The molecule has 0 atom stereocenters. The van der Waals surface area contributed by atoms with E-state index in [1.165, 1.54) is 66.9 Å². The van der Waals surface area contributed by atoms with E-state index in [0.717, 1.165) is 22.4 Å². The Morgan fingerprint density at radius 1 is 1.00 bits per heavy atom. The number of rotatable bonds is 6. The maximum Gasteiger partial charge on any atom is 0.281 e. The highest BCUT2D eigenvalue weighted by Gasteiger charge is 2.23. The van der Waals surface area contributed by atoms with Gasteiger partial charge in [-0.3, -0.25) is 25.0 Å². The molecule has 164 valence electrons. The first-order valence-corrected chi connectivity index (χ1v) is 10.1. The van der Waals surface area contributed by atoms with E-state index in [0.29, 0.717) is 15.8 Å². The number of thiazole rings is 1. The molecule has 0 aliphatic rings. The molecule has 0 radical (unpaired) electrons. The Morgan fingerprint density at radius 3 is 2.42 bits per heavy atom. The number of hydrogen-bond acceptors (Lipinski definition) is 8. The molecule has 4 aromatic rings. The molecular formula is C21H12FN5O5S. The summed E-state index contributed by atoms with van der Waals surface area (Å²) in [5.41, 5.74) is 0.523. The van der Waals surface area contributed by atoms with Crippen LogP contribution in [0.5, 0.6) is 0 Å². The maximum atomic E-state index is 13.6. The van der Waals surface area contributed by atoms with Crippen LogP contribution >= 0.6 is 11.3 Å². The monoisotopic (exact) mass is 465 g/mol. The molecule has 0 saturated heterocycles. The first-order chi connectivity index (χ1) is 15.8. The minimum absolute atomic E-state index is 0.00418. The van der Waals surface area contributed by atoms with Gasteiger partial charge in [0.1, 0.15) is 5.82 Å². The summed E-state index contributed by atoms with van der Waals surface area (Å²) >= 11 is 1.01. The minimum Gasteiger partial charge on any atom is -0.267 e. The number of hydrogen-bond donors (Lipinski definition) is 0. The van der Waals surface area contributed by atoms with Gasteiger partial charge in [-0.05, 0) is 42.0 Å². The number of amides is 1. The van der Waals surface area contributed by atoms with Crippen LogP contribution in [0.2, 0.25) is 0 Å². The smallest absolute Gasteiger partial charge is 0.267 e. The Labute approximate surface area is 188 Å². The topological polar surface area (TPSA) is 132 Å². The third kappa shape index (κ3) is 4.70. The van der Waals surface area contributed by atoms with Gasteiger partial charge in [0, 0.05) is 29.8 Å². The predicted octanol–water partition coefficient (Wildman–Crippen LogP) is 4.93. The molecule has 3 aromatic carbocycles. The summed E-state index contributed by atoms with van der Waals surface area (Å²) < 4.78 is 14.1. The highest BCUT2D eigenvalue weighted by atomic mass is 32.1. The molecule has 0 aliphatic heterocycles. The van der Waals surface area contributed by atoms with E-state index in [1.54, 1.807) is 0 Å². The first kappa shape index (κ1) is 21.6. The molecule has 0 saturated carbocycles. The van der Waals surface area contributed by atoms with Gasteiger partial charge >= 0.3 is 0 Å². The zero-order valence-electron chi connectivity index (χ0n) is 16.5. The van der Waals surface area contributed by atoms with Gasteiger partial charge in [0.15, 0.2) is 0 Å². The number of aromatic nitrogens is 1. The minimum atomic E-state index is -0.698. The Hall–Kier alpha value is -4.58. The lowest BCUT2D eigenvalue weighted by Crippen LogP contribution is -2.25. The van der Waals surface area contributed by atoms with Gasteiger partial charge in [0.25, 0.3) is 17.3 Å². The van der Waals surface area contributed by atoms with Crippen molar-refractivity contribution in [3.63, 3.8) is 0 Å². The predicted molar refractivity (Wildman–Crippen MR) is 120 cm³/mol. The first-order valence-electron chi connectivity index (χ1n) is 9.25. The van der Waals surface area contributed by atoms with Crippen molar-refractivity contribution in [2.45, 2.75) is 0 Å². The van der Waals surface area contributed by atoms with Crippen molar-refractivity contribution >= 4 is 50.2 Å². The fourth-order valence-electron chi connectivity index (χ4n) is 2.85. The molecule has 1 amide bonds. The normalized spacial score (nSPS) is 11.1. The quantitative estimate of drug-likeness (QED) is 0.225. The fourth-order valence-corrected chi connectivity index (χ4v) is 3.79. The second-order valence-electron chi connectivity index (χ2n) is 6.63. The molecule has 0 unspecified atom stereocenters. The fraction of sp³-hybridized carbons (Fsp3) is 0. The van der Waals surface area contributed by atoms with Crippen LogP contribution in [-0.2, 0) is 0 Å². The SMILES string of the molecule is O=C(c1cccc([N+](=O)[O-])c1)N(/N=C/c1ccc([N+](=O)[O-])cc1)c1nc2ccc(F)cc2s1. The summed E-state index contributed by atoms with van der Waals surface area (Å²) in [5, 5.41) is 27.2. The number of fused-ring (bicyclic) bond motifs is 1. The Kier molecular flexibility index (Phi) is 5.83. The van der Waals surface area contributed by atoms with E-state index in [9.17, 15) is 29.4 Å². The average molecular weight is 465 g/mol. The van der Waals surface area contributed by atoms with Crippen LogP contribution in [0, 0.1) is 26.0 Å². The molecule has 4 rings (SSSR count). The molecular weight excluding hydrogens is 453 g/mol. The molecule has 1 aromatic heterocycles. The van der Waals surface area contributed by atoms with Crippen LogP contribution in [0.25, 0.3) is 10.2 Å². The number of benzene rings is 3. The van der Waals surface area contributed by atoms with Gasteiger partial charge in [-0.1, -0.05) is 17.4 Å². The zero-order valence-corrected chi connectivity index (χ0v) is 17.3. The van der Waals surface area contributed by atoms with Crippen molar-refractivity contribution in [3.8, 4) is 0 Å². The number of hydrazone groups is 1. The summed E-state index contributed by atoms with van der Waals surface area (Å²) in [6.07, 6.45) is 1.30. The van der Waals surface area contributed by atoms with Crippen molar-refractivity contribution in [3.05, 3.63) is 104 Å².